The molecule has 6 nitrogen and oxygen atoms in total. The summed E-state index contributed by atoms with van der Waals surface area (Å²) in [4.78, 5) is 11.9. The summed E-state index contributed by atoms with van der Waals surface area (Å²) in [5.74, 6) is -0.481. The molecule has 19 heavy (non-hydrogen) atoms. The number of esters is 1. The third-order valence-corrected chi connectivity index (χ3v) is 2.47. The van der Waals surface area contributed by atoms with Crippen molar-refractivity contribution in [3.8, 4) is 0 Å². The normalized spacial score (nSPS) is 10.7. The molecule has 1 heterocycles. The van der Waals surface area contributed by atoms with E-state index in [0.29, 0.717) is 12.3 Å². The predicted molar refractivity (Wildman–Crippen MR) is 72.8 cm³/mol. The Morgan fingerprint density at radius 1 is 1.32 bits per heavy atom. The number of aromatic nitrogens is 2. The average Bonchev–Trinajstić information content (AvgIpc) is 2.38. The number of anilines is 1. The zero-order valence-corrected chi connectivity index (χ0v) is 11.2. The minimum absolute atomic E-state index is 0.189. The monoisotopic (exact) mass is 260 g/mol. The smallest absolute Gasteiger partial charge is 0.361 e. The van der Waals surface area contributed by atoms with Crippen molar-refractivity contribution in [3.63, 3.8) is 0 Å². The molecule has 2 rings (SSSR count). The molecule has 0 bridgehead atoms. The maximum absolute atomic E-state index is 11.9. The fourth-order valence-electron chi connectivity index (χ4n) is 1.73. The highest BCUT2D eigenvalue weighted by Gasteiger charge is 2.18. The number of carbonyl (C=O) groups is 1. The molecule has 6 heteroatoms. The number of nitrogens with zero attached hydrogens (tertiary/aromatic N) is 3. The molecule has 0 fully saturated rings. The lowest BCUT2D eigenvalue weighted by Crippen LogP contribution is -2.23. The Morgan fingerprint density at radius 2 is 2.05 bits per heavy atom. The first-order valence-electron chi connectivity index (χ1n) is 6.00. The van der Waals surface area contributed by atoms with Crippen molar-refractivity contribution in [2.45, 2.75) is 6.92 Å². The van der Waals surface area contributed by atoms with Crippen LogP contribution < -0.4 is 5.43 Å². The van der Waals surface area contributed by atoms with E-state index in [2.05, 4.69) is 15.6 Å². The number of fused-ring (bicyclic) bond motifs is 1. The molecule has 0 unspecified atom stereocenters. The summed E-state index contributed by atoms with van der Waals surface area (Å²) in [6.07, 6.45) is 0. The highest BCUT2D eigenvalue weighted by atomic mass is 16.5. The summed E-state index contributed by atoms with van der Waals surface area (Å²) in [5, 5.41) is 10.6. The van der Waals surface area contributed by atoms with Gasteiger partial charge in [0, 0.05) is 19.5 Å². The van der Waals surface area contributed by atoms with Crippen LogP contribution in [-0.2, 0) is 4.74 Å². The van der Waals surface area contributed by atoms with Crippen LogP contribution in [-0.4, -0.2) is 41.9 Å². The summed E-state index contributed by atoms with van der Waals surface area (Å²) < 4.78 is 5.00. The van der Waals surface area contributed by atoms with Crippen molar-refractivity contribution in [3.05, 3.63) is 30.0 Å². The van der Waals surface area contributed by atoms with Gasteiger partial charge >= 0.3 is 5.97 Å². The van der Waals surface area contributed by atoms with E-state index in [1.54, 1.807) is 11.9 Å². The third kappa shape index (κ3) is 2.79. The summed E-state index contributed by atoms with van der Waals surface area (Å²) in [6, 6.07) is 7.50. The Kier molecular flexibility index (Phi) is 3.91. The van der Waals surface area contributed by atoms with Gasteiger partial charge in [0.1, 0.15) is 0 Å². The zero-order valence-electron chi connectivity index (χ0n) is 11.2. The molecule has 0 amide bonds. The topological polar surface area (TPSA) is 67.3 Å². The lowest BCUT2D eigenvalue weighted by atomic mass is 10.1. The number of rotatable bonds is 4. The van der Waals surface area contributed by atoms with Crippen molar-refractivity contribution >= 4 is 22.6 Å². The van der Waals surface area contributed by atoms with E-state index in [1.807, 2.05) is 38.4 Å². The Morgan fingerprint density at radius 3 is 2.74 bits per heavy atom. The fraction of sp³-hybridized carbons (Fsp3) is 0.308. The van der Waals surface area contributed by atoms with Gasteiger partial charge in [-0.1, -0.05) is 18.2 Å². The van der Waals surface area contributed by atoms with Gasteiger partial charge in [-0.3, -0.25) is 0 Å². The standard InChI is InChI=1S/C13H16N4O2/c1-4-19-13(18)12-11(16-17(2)3)9-7-5-6-8-10(9)14-15-12/h5-8H,4H2,1-3H3,(H,14,16). The number of hydrogen-bond donors (Lipinski definition) is 1. The SMILES string of the molecule is CCOC(=O)c1nnc2ccccc2c1NN(C)C. The second kappa shape index (κ2) is 5.62. The minimum atomic E-state index is -0.481. The molecule has 0 saturated heterocycles. The van der Waals surface area contributed by atoms with Gasteiger partial charge in [0.25, 0.3) is 0 Å². The number of hydrazine groups is 1. The van der Waals surface area contributed by atoms with Gasteiger partial charge in [0.05, 0.1) is 17.8 Å². The van der Waals surface area contributed by atoms with Crippen LogP contribution in [0.15, 0.2) is 24.3 Å². The van der Waals surface area contributed by atoms with Crippen LogP contribution in [0.2, 0.25) is 0 Å². The van der Waals surface area contributed by atoms with E-state index in [4.69, 9.17) is 4.74 Å². The molecule has 1 aromatic carbocycles. The number of carbonyl (C=O) groups excluding carboxylic acids is 1. The summed E-state index contributed by atoms with van der Waals surface area (Å²) in [6.45, 7) is 2.06. The Hall–Kier alpha value is -2.21. The number of ether oxygens (including phenoxy) is 1. The van der Waals surface area contributed by atoms with E-state index in [1.165, 1.54) is 0 Å². The molecular formula is C13H16N4O2. The van der Waals surface area contributed by atoms with Crippen LogP contribution in [0.4, 0.5) is 5.69 Å². The van der Waals surface area contributed by atoms with Crippen LogP contribution in [0.5, 0.6) is 0 Å². The number of benzene rings is 1. The molecule has 0 aliphatic heterocycles. The molecule has 0 saturated carbocycles. The molecule has 1 N–H and O–H groups in total. The van der Waals surface area contributed by atoms with E-state index < -0.39 is 5.97 Å². The van der Waals surface area contributed by atoms with Crippen molar-refractivity contribution < 1.29 is 9.53 Å². The predicted octanol–water partition coefficient (Wildman–Crippen LogP) is 1.69. The molecule has 0 aliphatic rings. The first-order chi connectivity index (χ1) is 9.13. The Bertz CT molecular complexity index is 598. The van der Waals surface area contributed by atoms with Gasteiger partial charge in [-0.2, -0.15) is 0 Å². The maximum atomic E-state index is 11.9. The highest BCUT2D eigenvalue weighted by molar-refractivity contribution is 6.02. The lowest BCUT2D eigenvalue weighted by Gasteiger charge is -2.17. The second-order valence-electron chi connectivity index (χ2n) is 4.17. The van der Waals surface area contributed by atoms with Crippen molar-refractivity contribution in [1.82, 2.24) is 15.2 Å². The van der Waals surface area contributed by atoms with Gasteiger partial charge in [-0.25, -0.2) is 9.80 Å². The molecule has 0 atom stereocenters. The summed E-state index contributed by atoms with van der Waals surface area (Å²) >= 11 is 0. The second-order valence-corrected chi connectivity index (χ2v) is 4.17. The quantitative estimate of drug-likeness (QED) is 0.666. The molecule has 0 aliphatic carbocycles. The molecule has 1 aromatic heterocycles. The molecule has 0 spiro atoms. The van der Waals surface area contributed by atoms with E-state index in [0.717, 1.165) is 10.9 Å². The Balaban J connectivity index is 2.59. The van der Waals surface area contributed by atoms with Crippen molar-refractivity contribution in [1.29, 1.82) is 0 Å². The summed E-state index contributed by atoms with van der Waals surface area (Å²) in [5.41, 5.74) is 4.60. The molecule has 100 valence electrons. The van der Waals surface area contributed by atoms with Crippen LogP contribution in [0.25, 0.3) is 10.9 Å². The van der Waals surface area contributed by atoms with Crippen LogP contribution >= 0.6 is 0 Å². The number of hydrogen-bond acceptors (Lipinski definition) is 6. The summed E-state index contributed by atoms with van der Waals surface area (Å²) in [7, 11) is 3.67. The van der Waals surface area contributed by atoms with Crippen molar-refractivity contribution in [2.24, 2.45) is 0 Å². The van der Waals surface area contributed by atoms with Gasteiger partial charge in [-0.15, -0.1) is 10.2 Å². The van der Waals surface area contributed by atoms with Gasteiger partial charge < -0.3 is 10.2 Å². The van der Waals surface area contributed by atoms with Gasteiger partial charge in [0.15, 0.2) is 5.69 Å². The van der Waals surface area contributed by atoms with Crippen LogP contribution in [0.1, 0.15) is 17.4 Å². The van der Waals surface area contributed by atoms with Crippen LogP contribution in [0.3, 0.4) is 0 Å². The lowest BCUT2D eigenvalue weighted by molar-refractivity contribution is 0.0519. The van der Waals surface area contributed by atoms with E-state index in [9.17, 15) is 4.79 Å². The fourth-order valence-corrected chi connectivity index (χ4v) is 1.73. The van der Waals surface area contributed by atoms with Crippen molar-refractivity contribution in [2.75, 3.05) is 26.1 Å². The van der Waals surface area contributed by atoms with E-state index in [-0.39, 0.29) is 5.69 Å². The van der Waals surface area contributed by atoms with E-state index >= 15 is 0 Å². The first-order valence-corrected chi connectivity index (χ1v) is 6.00. The third-order valence-electron chi connectivity index (χ3n) is 2.47. The van der Waals surface area contributed by atoms with Gasteiger partial charge in [-0.05, 0) is 13.0 Å². The first kappa shape index (κ1) is 13.2. The minimum Gasteiger partial charge on any atom is -0.461 e. The number of nitrogens with one attached hydrogen (secondary N) is 1. The average molecular weight is 260 g/mol. The van der Waals surface area contributed by atoms with Crippen LogP contribution in [0, 0.1) is 0 Å². The molecule has 0 radical (unpaired) electrons. The highest BCUT2D eigenvalue weighted by Crippen LogP contribution is 2.24. The maximum Gasteiger partial charge on any atom is 0.361 e. The largest absolute Gasteiger partial charge is 0.461 e. The van der Waals surface area contributed by atoms with Gasteiger partial charge in [0.2, 0.25) is 0 Å². The molecule has 2 aromatic rings. The Labute approximate surface area is 111 Å². The molecular weight excluding hydrogens is 244 g/mol. The zero-order chi connectivity index (χ0) is 13.8.